The quantitative estimate of drug-likeness (QED) is 0.168. The van der Waals surface area contributed by atoms with Crippen LogP contribution in [-0.4, -0.2) is 24.1 Å². The molecule has 13 rings (SSSR count). The van der Waals surface area contributed by atoms with Crippen molar-refractivity contribution >= 4 is 65.6 Å². The van der Waals surface area contributed by atoms with Gasteiger partial charge in [0.15, 0.2) is 17.5 Å². The molecule has 0 aliphatic heterocycles. The van der Waals surface area contributed by atoms with Crippen molar-refractivity contribution in [1.29, 1.82) is 0 Å². The number of furan rings is 1. The number of fused-ring (bicyclic) bond motifs is 9. The average Bonchev–Trinajstić information content (AvgIpc) is 4.01. The van der Waals surface area contributed by atoms with Crippen molar-refractivity contribution in [3.05, 3.63) is 212 Å². The van der Waals surface area contributed by atoms with E-state index >= 15 is 0 Å². The molecular formula is C57H35N5O. The molecule has 0 amide bonds. The second-order valence-electron chi connectivity index (χ2n) is 16.0. The Morgan fingerprint density at radius 3 is 1.44 bits per heavy atom. The third-order valence-corrected chi connectivity index (χ3v) is 12.4. The van der Waals surface area contributed by atoms with Gasteiger partial charge in [0.2, 0.25) is 0 Å². The van der Waals surface area contributed by atoms with Gasteiger partial charge in [-0.15, -0.1) is 0 Å². The average molecular weight is 806 g/mol. The lowest BCUT2D eigenvalue weighted by atomic mass is 9.99. The zero-order valence-corrected chi connectivity index (χ0v) is 33.9. The van der Waals surface area contributed by atoms with Gasteiger partial charge in [0, 0.05) is 54.7 Å². The number of hydrogen-bond donors (Lipinski definition) is 0. The molecule has 6 heteroatoms. The standard InChI is InChI=1S/C57H35N5O/c1-3-15-36(16-4-1)55-58-56(37-17-5-2-6-18-37)60-57(59-55)47-34-38(39-28-32-54-46(33-39)45-22-10-14-26-53(45)63-54)27-31-51(47)62-50-25-13-9-21-43(50)44-30-29-40(35-52(44)62)61-48-23-11-7-19-41(48)42-20-8-12-24-49(42)61/h1-35H. The molecule has 0 N–H and O–H groups in total. The molecule has 0 saturated heterocycles. The molecule has 0 atom stereocenters. The molecule has 0 fully saturated rings. The molecule has 4 heterocycles. The summed E-state index contributed by atoms with van der Waals surface area (Å²) < 4.78 is 11.0. The second-order valence-corrected chi connectivity index (χ2v) is 16.0. The maximum Gasteiger partial charge on any atom is 0.166 e. The van der Waals surface area contributed by atoms with Crippen molar-refractivity contribution < 1.29 is 4.42 Å². The Balaban J connectivity index is 1.11. The fraction of sp³-hybridized carbons (Fsp3) is 0. The Morgan fingerprint density at radius 1 is 0.302 bits per heavy atom. The first-order valence-corrected chi connectivity index (χ1v) is 21.2. The van der Waals surface area contributed by atoms with Crippen molar-refractivity contribution in [1.82, 2.24) is 24.1 Å². The summed E-state index contributed by atoms with van der Waals surface area (Å²) in [5.41, 5.74) is 13.1. The van der Waals surface area contributed by atoms with E-state index < -0.39 is 0 Å². The van der Waals surface area contributed by atoms with Gasteiger partial charge in [0.1, 0.15) is 11.2 Å². The van der Waals surface area contributed by atoms with E-state index in [4.69, 9.17) is 19.4 Å². The zero-order valence-electron chi connectivity index (χ0n) is 33.9. The van der Waals surface area contributed by atoms with E-state index in [2.05, 4.69) is 173 Å². The normalized spacial score (nSPS) is 11.8. The van der Waals surface area contributed by atoms with Crippen LogP contribution < -0.4 is 0 Å². The summed E-state index contributed by atoms with van der Waals surface area (Å²) in [6.45, 7) is 0. The van der Waals surface area contributed by atoms with Gasteiger partial charge in [0.25, 0.3) is 0 Å². The highest BCUT2D eigenvalue weighted by molar-refractivity contribution is 6.12. The van der Waals surface area contributed by atoms with Crippen molar-refractivity contribution in [2.75, 3.05) is 0 Å². The monoisotopic (exact) mass is 805 g/mol. The first kappa shape index (κ1) is 35.2. The lowest BCUT2D eigenvalue weighted by molar-refractivity contribution is 0.669. The van der Waals surface area contributed by atoms with Gasteiger partial charge in [-0.2, -0.15) is 0 Å². The molecule has 294 valence electrons. The highest BCUT2D eigenvalue weighted by atomic mass is 16.3. The predicted octanol–water partition coefficient (Wildman–Crippen LogP) is 14.6. The Labute approximate surface area is 361 Å². The van der Waals surface area contributed by atoms with E-state index in [1.165, 1.54) is 27.2 Å². The SMILES string of the molecule is c1ccc(-c2nc(-c3ccccc3)nc(-c3cc(-c4ccc5oc6ccccc6c5c4)ccc3-n3c4ccccc4c4ccc(-n5c6ccccc6c6ccccc65)cc43)n2)cc1. The fourth-order valence-electron chi connectivity index (χ4n) is 9.48. The second kappa shape index (κ2) is 14.0. The molecule has 0 aliphatic carbocycles. The number of para-hydroxylation sites is 4. The molecular weight excluding hydrogens is 771 g/mol. The molecule has 0 spiro atoms. The van der Waals surface area contributed by atoms with Crippen LogP contribution in [0.3, 0.4) is 0 Å². The smallest absolute Gasteiger partial charge is 0.166 e. The number of benzene rings is 9. The molecule has 4 aromatic heterocycles. The third kappa shape index (κ3) is 5.62. The van der Waals surface area contributed by atoms with Crippen LogP contribution in [0.5, 0.6) is 0 Å². The number of aromatic nitrogens is 5. The number of nitrogens with zero attached hydrogens (tertiary/aromatic N) is 5. The van der Waals surface area contributed by atoms with Crippen LogP contribution in [-0.2, 0) is 0 Å². The van der Waals surface area contributed by atoms with Gasteiger partial charge in [-0.3, -0.25) is 0 Å². The van der Waals surface area contributed by atoms with Crippen molar-refractivity contribution in [3.63, 3.8) is 0 Å². The van der Waals surface area contributed by atoms with Crippen molar-refractivity contribution in [2.45, 2.75) is 0 Å². The van der Waals surface area contributed by atoms with Gasteiger partial charge in [-0.05, 0) is 71.8 Å². The molecule has 0 aliphatic rings. The molecule has 0 bridgehead atoms. The van der Waals surface area contributed by atoms with Gasteiger partial charge in [-0.25, -0.2) is 15.0 Å². The minimum absolute atomic E-state index is 0.582. The van der Waals surface area contributed by atoms with Crippen LogP contribution in [0.4, 0.5) is 0 Å². The van der Waals surface area contributed by atoms with E-state index in [9.17, 15) is 0 Å². The number of hydrogen-bond acceptors (Lipinski definition) is 4. The highest BCUT2D eigenvalue weighted by Gasteiger charge is 2.22. The number of rotatable bonds is 6. The summed E-state index contributed by atoms with van der Waals surface area (Å²) in [7, 11) is 0. The largest absolute Gasteiger partial charge is 0.456 e. The lowest BCUT2D eigenvalue weighted by Gasteiger charge is -2.17. The summed E-state index contributed by atoms with van der Waals surface area (Å²) in [4.78, 5) is 15.7. The maximum atomic E-state index is 6.25. The highest BCUT2D eigenvalue weighted by Crippen LogP contribution is 2.41. The fourth-order valence-corrected chi connectivity index (χ4v) is 9.48. The maximum absolute atomic E-state index is 6.25. The lowest BCUT2D eigenvalue weighted by Crippen LogP contribution is -2.04. The molecule has 13 aromatic rings. The van der Waals surface area contributed by atoms with Crippen LogP contribution >= 0.6 is 0 Å². The van der Waals surface area contributed by atoms with Gasteiger partial charge in [-0.1, -0.05) is 152 Å². The third-order valence-electron chi connectivity index (χ3n) is 12.4. The predicted molar refractivity (Wildman–Crippen MR) is 258 cm³/mol. The summed E-state index contributed by atoms with van der Waals surface area (Å²) in [6, 6.07) is 74.6. The van der Waals surface area contributed by atoms with Crippen LogP contribution in [0.25, 0.3) is 122 Å². The van der Waals surface area contributed by atoms with Gasteiger partial charge < -0.3 is 13.6 Å². The van der Waals surface area contributed by atoms with Crippen molar-refractivity contribution in [2.24, 2.45) is 0 Å². The van der Waals surface area contributed by atoms with Crippen LogP contribution in [0.15, 0.2) is 217 Å². The molecule has 63 heavy (non-hydrogen) atoms. The molecule has 9 aromatic carbocycles. The van der Waals surface area contributed by atoms with E-state index in [0.29, 0.717) is 17.5 Å². The Bertz CT molecular complexity index is 3810. The Morgan fingerprint density at radius 2 is 0.794 bits per heavy atom. The molecule has 0 radical (unpaired) electrons. The minimum Gasteiger partial charge on any atom is -0.456 e. The molecule has 0 saturated carbocycles. The van der Waals surface area contributed by atoms with Crippen LogP contribution in [0, 0.1) is 0 Å². The van der Waals surface area contributed by atoms with E-state index in [1.54, 1.807) is 0 Å². The van der Waals surface area contributed by atoms with Gasteiger partial charge >= 0.3 is 0 Å². The summed E-state index contributed by atoms with van der Waals surface area (Å²) in [6.07, 6.45) is 0. The molecule has 0 unspecified atom stereocenters. The van der Waals surface area contributed by atoms with Crippen LogP contribution in [0.1, 0.15) is 0 Å². The van der Waals surface area contributed by atoms with Gasteiger partial charge in [0.05, 0.1) is 27.8 Å². The Kier molecular flexibility index (Phi) is 7.80. The van der Waals surface area contributed by atoms with E-state index in [0.717, 1.165) is 77.6 Å². The first-order valence-electron chi connectivity index (χ1n) is 21.2. The van der Waals surface area contributed by atoms with Crippen molar-refractivity contribution in [3.8, 4) is 56.7 Å². The summed E-state index contributed by atoms with van der Waals surface area (Å²) >= 11 is 0. The van der Waals surface area contributed by atoms with Crippen LogP contribution in [0.2, 0.25) is 0 Å². The molecule has 6 nitrogen and oxygen atoms in total. The summed E-state index contributed by atoms with van der Waals surface area (Å²) in [5, 5.41) is 6.95. The van der Waals surface area contributed by atoms with E-state index in [-0.39, 0.29) is 0 Å². The minimum atomic E-state index is 0.582. The first-order chi connectivity index (χ1) is 31.2. The zero-order chi connectivity index (χ0) is 41.4. The Hall–Kier alpha value is -8.61. The van der Waals surface area contributed by atoms with E-state index in [1.807, 2.05) is 48.5 Å². The summed E-state index contributed by atoms with van der Waals surface area (Å²) in [5.74, 6) is 1.80. The topological polar surface area (TPSA) is 61.7 Å².